The number of rotatable bonds is 9. The highest BCUT2D eigenvalue weighted by atomic mass is 16.5. The lowest BCUT2D eigenvalue weighted by molar-refractivity contribution is 0.0742. The third-order valence-electron chi connectivity index (χ3n) is 6.90. The molecule has 1 aliphatic heterocycles. The average molecular weight is 480 g/mol. The van der Waals surface area contributed by atoms with E-state index < -0.39 is 0 Å². The number of carbonyl (C=O) groups is 1. The van der Waals surface area contributed by atoms with Crippen molar-refractivity contribution in [2.24, 2.45) is 7.05 Å². The van der Waals surface area contributed by atoms with Gasteiger partial charge in [0, 0.05) is 24.7 Å². The Balaban J connectivity index is 1.54. The van der Waals surface area contributed by atoms with Crippen molar-refractivity contribution in [1.29, 1.82) is 0 Å². The molecule has 36 heavy (non-hydrogen) atoms. The molecule has 0 N–H and O–H groups in total. The highest BCUT2D eigenvalue weighted by Gasteiger charge is 2.43. The summed E-state index contributed by atoms with van der Waals surface area (Å²) in [6.45, 7) is 5.58. The van der Waals surface area contributed by atoms with Crippen molar-refractivity contribution >= 4 is 5.91 Å². The van der Waals surface area contributed by atoms with Crippen molar-refractivity contribution in [2.45, 2.75) is 39.2 Å². The topological polar surface area (TPSA) is 47.4 Å². The molecular formula is C31H33N3O2. The van der Waals surface area contributed by atoms with E-state index in [0.29, 0.717) is 18.8 Å². The van der Waals surface area contributed by atoms with Gasteiger partial charge in [-0.1, -0.05) is 85.6 Å². The highest BCUT2D eigenvalue weighted by Crippen LogP contribution is 2.44. The molecule has 1 aromatic heterocycles. The second-order valence-electron chi connectivity index (χ2n) is 9.51. The first-order valence-corrected chi connectivity index (χ1v) is 12.8. The molecule has 3 aromatic carbocycles. The number of amides is 1. The number of hydrogen-bond donors (Lipinski definition) is 0. The van der Waals surface area contributed by atoms with Gasteiger partial charge < -0.3 is 9.64 Å². The number of aryl methyl sites for hydroxylation is 2. The van der Waals surface area contributed by atoms with Gasteiger partial charge in [0.1, 0.15) is 11.4 Å². The van der Waals surface area contributed by atoms with E-state index in [1.165, 1.54) is 11.1 Å². The zero-order valence-corrected chi connectivity index (χ0v) is 21.3. The Morgan fingerprint density at radius 1 is 0.944 bits per heavy atom. The minimum absolute atomic E-state index is 0.0302. The zero-order valence-electron chi connectivity index (χ0n) is 21.3. The fourth-order valence-corrected chi connectivity index (χ4v) is 4.94. The van der Waals surface area contributed by atoms with E-state index >= 15 is 0 Å². The van der Waals surface area contributed by atoms with Gasteiger partial charge in [-0.05, 0) is 43.0 Å². The lowest BCUT2D eigenvalue weighted by Gasteiger charge is -2.27. The van der Waals surface area contributed by atoms with Crippen LogP contribution >= 0.6 is 0 Å². The quantitative estimate of drug-likeness (QED) is 0.262. The van der Waals surface area contributed by atoms with Crippen molar-refractivity contribution in [3.8, 4) is 17.0 Å². The van der Waals surface area contributed by atoms with Crippen LogP contribution in [0.1, 0.15) is 58.5 Å². The van der Waals surface area contributed by atoms with E-state index in [2.05, 4.69) is 62.4 Å². The smallest absolute Gasteiger partial charge is 0.273 e. The number of unbranched alkanes of at least 4 members (excludes halogenated alkanes) is 1. The van der Waals surface area contributed by atoms with Crippen LogP contribution in [0.5, 0.6) is 5.75 Å². The Hall–Kier alpha value is -3.86. The fourth-order valence-electron chi connectivity index (χ4n) is 4.94. The van der Waals surface area contributed by atoms with E-state index in [4.69, 9.17) is 9.84 Å². The van der Waals surface area contributed by atoms with Crippen LogP contribution in [0.25, 0.3) is 11.3 Å². The lowest BCUT2D eigenvalue weighted by Crippen LogP contribution is -2.32. The minimum atomic E-state index is -0.203. The van der Waals surface area contributed by atoms with Crippen molar-refractivity contribution < 1.29 is 9.53 Å². The van der Waals surface area contributed by atoms with Crippen molar-refractivity contribution in [3.63, 3.8) is 0 Å². The molecule has 1 aliphatic rings. The van der Waals surface area contributed by atoms with Gasteiger partial charge in [-0.15, -0.1) is 0 Å². The number of fused-ring (bicyclic) bond motifs is 1. The summed E-state index contributed by atoms with van der Waals surface area (Å²) < 4.78 is 7.65. The molecule has 5 nitrogen and oxygen atoms in total. The molecule has 0 aliphatic carbocycles. The predicted octanol–water partition coefficient (Wildman–Crippen LogP) is 6.36. The van der Waals surface area contributed by atoms with Crippen LogP contribution in [0.15, 0.2) is 78.9 Å². The fraction of sp³-hybridized carbons (Fsp3) is 0.290. The van der Waals surface area contributed by atoms with Gasteiger partial charge in [0.2, 0.25) is 0 Å². The Kier molecular flexibility index (Phi) is 6.90. The Morgan fingerprint density at radius 2 is 1.67 bits per heavy atom. The van der Waals surface area contributed by atoms with Gasteiger partial charge in [-0.2, -0.15) is 5.10 Å². The van der Waals surface area contributed by atoms with Crippen LogP contribution in [0, 0.1) is 6.92 Å². The molecule has 5 rings (SSSR count). The number of nitrogens with zero attached hydrogens (tertiary/aromatic N) is 3. The van der Waals surface area contributed by atoms with Gasteiger partial charge >= 0.3 is 0 Å². The maximum Gasteiger partial charge on any atom is 0.273 e. The molecule has 5 heteroatoms. The van der Waals surface area contributed by atoms with Crippen LogP contribution in [-0.2, 0) is 13.5 Å². The summed E-state index contributed by atoms with van der Waals surface area (Å²) >= 11 is 0. The van der Waals surface area contributed by atoms with Gasteiger partial charge in [-0.25, -0.2) is 0 Å². The summed E-state index contributed by atoms with van der Waals surface area (Å²) in [6, 6.07) is 26.7. The van der Waals surface area contributed by atoms with Gasteiger partial charge in [-0.3, -0.25) is 9.48 Å². The van der Waals surface area contributed by atoms with E-state index in [1.807, 2.05) is 42.3 Å². The molecule has 1 amide bonds. The highest BCUT2D eigenvalue weighted by molar-refractivity contribution is 6.00. The van der Waals surface area contributed by atoms with E-state index in [-0.39, 0.29) is 11.9 Å². The molecule has 4 aromatic rings. The largest absolute Gasteiger partial charge is 0.494 e. The summed E-state index contributed by atoms with van der Waals surface area (Å²) in [5.41, 5.74) is 7.04. The molecule has 2 heterocycles. The number of benzene rings is 3. The first-order valence-electron chi connectivity index (χ1n) is 12.8. The molecule has 184 valence electrons. The molecule has 0 saturated heterocycles. The molecule has 1 atom stereocenters. The van der Waals surface area contributed by atoms with Gasteiger partial charge in [0.15, 0.2) is 0 Å². The summed E-state index contributed by atoms with van der Waals surface area (Å²) in [4.78, 5) is 15.8. The Labute approximate surface area is 213 Å². The second kappa shape index (κ2) is 10.4. The van der Waals surface area contributed by atoms with E-state index in [0.717, 1.165) is 47.4 Å². The molecule has 0 fully saturated rings. The molecule has 0 radical (unpaired) electrons. The maximum atomic E-state index is 13.8. The Bertz CT molecular complexity index is 1330. The van der Waals surface area contributed by atoms with Crippen molar-refractivity contribution in [1.82, 2.24) is 14.7 Å². The summed E-state index contributed by atoms with van der Waals surface area (Å²) in [5.74, 6) is 0.889. The summed E-state index contributed by atoms with van der Waals surface area (Å²) in [6.07, 6.45) is 2.93. The Morgan fingerprint density at radius 3 is 2.36 bits per heavy atom. The van der Waals surface area contributed by atoms with Crippen LogP contribution in [0.3, 0.4) is 0 Å². The molecule has 0 saturated carbocycles. The summed E-state index contributed by atoms with van der Waals surface area (Å²) in [5, 5.41) is 4.82. The number of aromatic nitrogens is 2. The number of ether oxygens (including phenoxy) is 1. The molecular weight excluding hydrogens is 446 g/mol. The average Bonchev–Trinajstić information content (AvgIpc) is 3.39. The van der Waals surface area contributed by atoms with Gasteiger partial charge in [0.25, 0.3) is 5.91 Å². The van der Waals surface area contributed by atoms with Crippen LogP contribution < -0.4 is 4.74 Å². The predicted molar refractivity (Wildman–Crippen MR) is 143 cm³/mol. The van der Waals surface area contributed by atoms with Crippen molar-refractivity contribution in [2.75, 3.05) is 13.2 Å². The van der Waals surface area contributed by atoms with Crippen molar-refractivity contribution in [3.05, 3.63) is 107 Å². The first kappa shape index (κ1) is 23.9. The number of carbonyl (C=O) groups excluding carboxylic acids is 1. The third-order valence-corrected chi connectivity index (χ3v) is 6.90. The number of hydrogen-bond acceptors (Lipinski definition) is 3. The SMILES string of the molecule is CCCCOc1ccc([C@@H]2c3c(-c4ccc(C)cc4)nn(C)c3C(=O)N2CCc2ccccc2)cc1. The second-order valence-corrected chi connectivity index (χ2v) is 9.51. The zero-order chi connectivity index (χ0) is 25.1. The van der Waals surface area contributed by atoms with Crippen LogP contribution in [0.2, 0.25) is 0 Å². The normalized spacial score (nSPS) is 14.8. The van der Waals surface area contributed by atoms with E-state index in [9.17, 15) is 4.79 Å². The van der Waals surface area contributed by atoms with Crippen LogP contribution in [0.4, 0.5) is 0 Å². The minimum Gasteiger partial charge on any atom is -0.494 e. The maximum absolute atomic E-state index is 13.8. The van der Waals surface area contributed by atoms with Gasteiger partial charge in [0.05, 0.1) is 18.3 Å². The first-order chi connectivity index (χ1) is 17.6. The summed E-state index contributed by atoms with van der Waals surface area (Å²) in [7, 11) is 1.87. The van der Waals surface area contributed by atoms with Crippen LogP contribution in [-0.4, -0.2) is 33.7 Å². The molecule has 0 unspecified atom stereocenters. The van der Waals surface area contributed by atoms with E-state index in [1.54, 1.807) is 4.68 Å². The monoisotopic (exact) mass is 479 g/mol. The standard InChI is InChI=1S/C31H33N3O2/c1-4-5-21-36-26-17-15-25(16-18-26)29-27-28(24-13-11-22(2)12-14-24)32-33(3)30(27)31(35)34(29)20-19-23-9-7-6-8-10-23/h6-18,29H,4-5,19-21H2,1-3H3/t29-/m1/s1. The third kappa shape index (κ3) is 4.66. The lowest BCUT2D eigenvalue weighted by atomic mass is 9.95. The molecule has 0 spiro atoms. The molecule has 0 bridgehead atoms.